The van der Waals surface area contributed by atoms with Crippen LogP contribution in [0.1, 0.15) is 15.9 Å². The Morgan fingerprint density at radius 3 is 2.58 bits per heavy atom. The molecule has 0 aliphatic heterocycles. The number of hydrogen-bond acceptors (Lipinski definition) is 4. The van der Waals surface area contributed by atoms with Gasteiger partial charge in [0, 0.05) is 17.8 Å². The number of benzene rings is 1. The summed E-state index contributed by atoms with van der Waals surface area (Å²) in [7, 11) is 0. The number of hydrogen-bond donors (Lipinski definition) is 2. The number of pyridine rings is 2. The van der Waals surface area contributed by atoms with Crippen LogP contribution in [0.3, 0.4) is 0 Å². The number of carboxylic acid groups (broad SMARTS) is 1. The molecule has 0 radical (unpaired) electrons. The number of nitrogens with one attached hydrogen (secondary N) is 1. The van der Waals surface area contributed by atoms with Crippen LogP contribution < -0.4 is 10.7 Å². The molecule has 7 nitrogen and oxygen atoms in total. The zero-order chi connectivity index (χ0) is 17.3. The third kappa shape index (κ3) is 2.74. The van der Waals surface area contributed by atoms with Crippen LogP contribution in [0, 0.1) is 6.92 Å². The first kappa shape index (κ1) is 15.4. The second kappa shape index (κ2) is 5.96. The first-order chi connectivity index (χ1) is 11.5. The van der Waals surface area contributed by atoms with Crippen molar-refractivity contribution in [2.45, 2.75) is 6.92 Å². The van der Waals surface area contributed by atoms with Gasteiger partial charge in [0.1, 0.15) is 11.4 Å². The number of para-hydroxylation sites is 1. The molecule has 2 heterocycles. The van der Waals surface area contributed by atoms with E-state index in [0.29, 0.717) is 11.3 Å². The van der Waals surface area contributed by atoms with Crippen LogP contribution in [0.2, 0.25) is 0 Å². The van der Waals surface area contributed by atoms with E-state index in [4.69, 9.17) is 0 Å². The summed E-state index contributed by atoms with van der Waals surface area (Å²) in [5.74, 6) is -1.06. The average molecular weight is 323 g/mol. The van der Waals surface area contributed by atoms with Crippen LogP contribution in [-0.4, -0.2) is 26.7 Å². The van der Waals surface area contributed by atoms with E-state index in [1.165, 1.54) is 6.07 Å². The van der Waals surface area contributed by atoms with E-state index < -0.39 is 23.0 Å². The molecule has 2 N–H and O–H groups in total. The molecule has 0 atom stereocenters. The van der Waals surface area contributed by atoms with Crippen molar-refractivity contribution < 1.29 is 14.7 Å². The maximum absolute atomic E-state index is 12.5. The minimum absolute atomic E-state index is 0.157. The third-order valence-corrected chi connectivity index (χ3v) is 3.51. The molecule has 7 heteroatoms. The molecule has 0 bridgehead atoms. The summed E-state index contributed by atoms with van der Waals surface area (Å²) in [5, 5.41) is 11.9. The van der Waals surface area contributed by atoms with Crippen LogP contribution in [-0.2, 0) is 0 Å². The molecule has 0 fully saturated rings. The number of rotatable bonds is 2. The maximum Gasteiger partial charge on any atom is 0.341 e. The molecule has 3 rings (SSSR count). The largest absolute Gasteiger partial charge is 0.477 e. The Labute approximate surface area is 136 Å². The third-order valence-electron chi connectivity index (χ3n) is 3.51. The molecule has 0 saturated heterocycles. The number of aromatic carboxylic acids is 1. The van der Waals surface area contributed by atoms with Crippen molar-refractivity contribution in [1.29, 1.82) is 0 Å². The lowest BCUT2D eigenvalue weighted by atomic mass is 10.1. The highest BCUT2D eigenvalue weighted by Crippen LogP contribution is 2.13. The van der Waals surface area contributed by atoms with Crippen LogP contribution in [0.15, 0.2) is 53.6 Å². The number of nitrogens with zero attached hydrogens (tertiary/aromatic N) is 2. The summed E-state index contributed by atoms with van der Waals surface area (Å²) in [4.78, 5) is 40.1. The van der Waals surface area contributed by atoms with Gasteiger partial charge in [-0.1, -0.05) is 18.2 Å². The number of amides is 1. The summed E-state index contributed by atoms with van der Waals surface area (Å²) in [6.07, 6.45) is 2.62. The van der Waals surface area contributed by atoms with E-state index in [0.717, 1.165) is 16.3 Å². The molecular formula is C17H13N3O4. The quantitative estimate of drug-likeness (QED) is 0.754. The van der Waals surface area contributed by atoms with Gasteiger partial charge in [0.05, 0.1) is 5.52 Å². The summed E-state index contributed by atoms with van der Waals surface area (Å²) < 4.78 is 1.10. The van der Waals surface area contributed by atoms with Crippen molar-refractivity contribution in [2.24, 2.45) is 0 Å². The van der Waals surface area contributed by atoms with Crippen LogP contribution in [0.4, 0.5) is 10.6 Å². The van der Waals surface area contributed by atoms with Crippen molar-refractivity contribution in [1.82, 2.24) is 9.55 Å². The fraction of sp³-hybridized carbons (Fsp3) is 0.0588. The second-order valence-corrected chi connectivity index (χ2v) is 5.22. The number of aromatic nitrogens is 2. The Balaban J connectivity index is 2.12. The smallest absolute Gasteiger partial charge is 0.341 e. The van der Waals surface area contributed by atoms with Gasteiger partial charge in [0.25, 0.3) is 0 Å². The maximum atomic E-state index is 12.5. The van der Waals surface area contributed by atoms with Gasteiger partial charge in [-0.15, -0.1) is 0 Å². The van der Waals surface area contributed by atoms with Crippen molar-refractivity contribution in [3.63, 3.8) is 0 Å². The Kier molecular flexibility index (Phi) is 3.83. The molecule has 0 aliphatic rings. The molecule has 0 unspecified atom stereocenters. The topological polar surface area (TPSA) is 101 Å². The molecule has 1 aromatic carbocycles. The minimum Gasteiger partial charge on any atom is -0.477 e. The van der Waals surface area contributed by atoms with Gasteiger partial charge in [-0.2, -0.15) is 0 Å². The molecule has 0 saturated carbocycles. The van der Waals surface area contributed by atoms with Crippen molar-refractivity contribution >= 4 is 28.7 Å². The fourth-order valence-corrected chi connectivity index (χ4v) is 2.31. The highest BCUT2D eigenvalue weighted by atomic mass is 16.4. The standard InChI is InChI=1S/C17H13N3O4/c1-10-6-7-14(18-8-10)19-17(24)20-9-12(16(22)23)15(21)11-4-2-3-5-13(11)20/h2-9H,1H3,(H,22,23)(H,18,19,24). The number of anilines is 1. The zero-order valence-electron chi connectivity index (χ0n) is 12.7. The highest BCUT2D eigenvalue weighted by Gasteiger charge is 2.17. The lowest BCUT2D eigenvalue weighted by Crippen LogP contribution is -2.26. The van der Waals surface area contributed by atoms with Crippen molar-refractivity contribution in [3.8, 4) is 0 Å². The summed E-state index contributed by atoms with van der Waals surface area (Å²) in [6.45, 7) is 1.87. The molecule has 0 aliphatic carbocycles. The molecule has 120 valence electrons. The highest BCUT2D eigenvalue weighted by molar-refractivity contribution is 6.00. The second-order valence-electron chi connectivity index (χ2n) is 5.22. The molecule has 0 spiro atoms. The number of carbonyl (C=O) groups excluding carboxylic acids is 1. The Hall–Kier alpha value is -3.48. The van der Waals surface area contributed by atoms with Gasteiger partial charge in [0.15, 0.2) is 0 Å². The molecule has 3 aromatic rings. The normalized spacial score (nSPS) is 10.5. The van der Waals surface area contributed by atoms with Gasteiger partial charge in [-0.3, -0.25) is 14.7 Å². The minimum atomic E-state index is -1.39. The van der Waals surface area contributed by atoms with E-state index >= 15 is 0 Å². The molecule has 2 aromatic heterocycles. The molecule has 24 heavy (non-hydrogen) atoms. The monoisotopic (exact) mass is 323 g/mol. The number of carboxylic acids is 1. The lowest BCUT2D eigenvalue weighted by molar-refractivity contribution is 0.0695. The SMILES string of the molecule is Cc1ccc(NC(=O)n2cc(C(=O)O)c(=O)c3ccccc32)nc1. The average Bonchev–Trinajstić information content (AvgIpc) is 2.57. The van der Waals surface area contributed by atoms with Gasteiger partial charge in [-0.05, 0) is 30.7 Å². The first-order valence-electron chi connectivity index (χ1n) is 7.09. The van der Waals surface area contributed by atoms with E-state index in [-0.39, 0.29) is 5.39 Å². The van der Waals surface area contributed by atoms with Crippen LogP contribution in [0.5, 0.6) is 0 Å². The van der Waals surface area contributed by atoms with Crippen molar-refractivity contribution in [2.75, 3.05) is 5.32 Å². The Morgan fingerprint density at radius 2 is 1.92 bits per heavy atom. The lowest BCUT2D eigenvalue weighted by Gasteiger charge is -2.12. The predicted octanol–water partition coefficient (Wildman–Crippen LogP) is 2.48. The number of fused-ring (bicyclic) bond motifs is 1. The first-order valence-corrected chi connectivity index (χ1v) is 7.09. The van der Waals surface area contributed by atoms with E-state index in [2.05, 4.69) is 10.3 Å². The number of aryl methyl sites for hydroxylation is 1. The predicted molar refractivity (Wildman–Crippen MR) is 88.6 cm³/mol. The molecule has 1 amide bonds. The number of carbonyl (C=O) groups is 2. The summed E-state index contributed by atoms with van der Waals surface area (Å²) >= 11 is 0. The van der Waals surface area contributed by atoms with Crippen LogP contribution >= 0.6 is 0 Å². The van der Waals surface area contributed by atoms with E-state index in [1.807, 2.05) is 6.92 Å². The Bertz CT molecular complexity index is 1010. The van der Waals surface area contributed by atoms with Gasteiger partial charge in [-0.25, -0.2) is 14.6 Å². The Morgan fingerprint density at radius 1 is 1.17 bits per heavy atom. The van der Waals surface area contributed by atoms with Crippen LogP contribution in [0.25, 0.3) is 10.9 Å². The van der Waals surface area contributed by atoms with E-state index in [9.17, 15) is 19.5 Å². The van der Waals surface area contributed by atoms with Crippen molar-refractivity contribution in [3.05, 3.63) is 70.1 Å². The van der Waals surface area contributed by atoms with Gasteiger partial charge in [0.2, 0.25) is 5.43 Å². The van der Waals surface area contributed by atoms with Gasteiger partial charge >= 0.3 is 12.0 Å². The fourth-order valence-electron chi connectivity index (χ4n) is 2.31. The zero-order valence-corrected chi connectivity index (χ0v) is 12.7. The summed E-state index contributed by atoms with van der Waals surface area (Å²) in [6, 6.07) is 9.15. The summed E-state index contributed by atoms with van der Waals surface area (Å²) in [5.41, 5.74) is 0.156. The van der Waals surface area contributed by atoms with E-state index in [1.54, 1.807) is 36.5 Å². The molecular weight excluding hydrogens is 310 g/mol. The van der Waals surface area contributed by atoms with Gasteiger partial charge < -0.3 is 5.11 Å².